The van der Waals surface area contributed by atoms with E-state index in [1.54, 1.807) is 0 Å². The Morgan fingerprint density at radius 1 is 1.17 bits per heavy atom. The van der Waals surface area contributed by atoms with Crippen LogP contribution in [0.4, 0.5) is 0 Å². The molecule has 3 atom stereocenters. The smallest absolute Gasteiger partial charge is 0.191 e. The highest BCUT2D eigenvalue weighted by molar-refractivity contribution is 14.0. The molecule has 0 radical (unpaired) electrons. The maximum Gasteiger partial charge on any atom is 0.191 e. The van der Waals surface area contributed by atoms with Crippen molar-refractivity contribution in [3.63, 3.8) is 0 Å². The second-order valence-corrected chi connectivity index (χ2v) is 7.29. The van der Waals surface area contributed by atoms with Crippen molar-refractivity contribution in [3.8, 4) is 0 Å². The van der Waals surface area contributed by atoms with Crippen molar-refractivity contribution in [1.29, 1.82) is 0 Å². The maximum atomic E-state index is 5.93. The van der Waals surface area contributed by atoms with E-state index in [1.165, 1.54) is 51.7 Å². The Balaban J connectivity index is 0.00000208. The van der Waals surface area contributed by atoms with Crippen LogP contribution in [0.1, 0.15) is 52.4 Å². The number of nitrogens with zero attached hydrogens (tertiary/aromatic N) is 2. The molecular weight excluding hydrogens is 415 g/mol. The van der Waals surface area contributed by atoms with Crippen molar-refractivity contribution in [2.75, 3.05) is 32.7 Å². The van der Waals surface area contributed by atoms with Gasteiger partial charge in [0.25, 0.3) is 0 Å². The van der Waals surface area contributed by atoms with Crippen molar-refractivity contribution in [3.05, 3.63) is 0 Å². The molecule has 3 heterocycles. The molecule has 0 aromatic heterocycles. The summed E-state index contributed by atoms with van der Waals surface area (Å²) in [4.78, 5) is 7.38. The van der Waals surface area contributed by atoms with Crippen LogP contribution >= 0.6 is 24.0 Å². The zero-order valence-electron chi connectivity index (χ0n) is 15.3. The highest BCUT2D eigenvalue weighted by Gasteiger charge is 2.41. The molecule has 0 aromatic rings. The van der Waals surface area contributed by atoms with E-state index in [4.69, 9.17) is 9.73 Å². The van der Waals surface area contributed by atoms with Crippen molar-refractivity contribution in [1.82, 2.24) is 15.5 Å². The lowest BCUT2D eigenvalue weighted by Gasteiger charge is -2.30. The molecule has 3 unspecified atom stereocenters. The van der Waals surface area contributed by atoms with Crippen molar-refractivity contribution >= 4 is 29.9 Å². The number of guanidine groups is 1. The van der Waals surface area contributed by atoms with Gasteiger partial charge in [0, 0.05) is 13.1 Å². The number of nitrogens with one attached hydrogen (secondary N) is 2. The Morgan fingerprint density at radius 2 is 1.96 bits per heavy atom. The number of rotatable bonds is 6. The summed E-state index contributed by atoms with van der Waals surface area (Å²) in [6.07, 6.45) is 8.39. The molecule has 0 spiro atoms. The fourth-order valence-electron chi connectivity index (χ4n) is 4.24. The first-order valence-electron chi connectivity index (χ1n) is 9.71. The highest BCUT2D eigenvalue weighted by Crippen LogP contribution is 2.34. The summed E-state index contributed by atoms with van der Waals surface area (Å²) in [5, 5.41) is 7.01. The maximum absolute atomic E-state index is 5.93. The van der Waals surface area contributed by atoms with Gasteiger partial charge in [-0.2, -0.15) is 0 Å². The van der Waals surface area contributed by atoms with Crippen LogP contribution in [0.15, 0.2) is 4.99 Å². The van der Waals surface area contributed by atoms with Crippen molar-refractivity contribution < 1.29 is 4.74 Å². The third kappa shape index (κ3) is 5.46. The van der Waals surface area contributed by atoms with Gasteiger partial charge in [-0.05, 0) is 71.0 Å². The second-order valence-electron chi connectivity index (χ2n) is 7.29. The van der Waals surface area contributed by atoms with Gasteiger partial charge in [0.05, 0.1) is 18.2 Å². The first kappa shape index (κ1) is 20.2. The molecule has 24 heavy (non-hydrogen) atoms. The van der Waals surface area contributed by atoms with Gasteiger partial charge in [-0.15, -0.1) is 24.0 Å². The predicted octanol–water partition coefficient (Wildman–Crippen LogP) is 2.60. The van der Waals surface area contributed by atoms with E-state index in [0.29, 0.717) is 18.2 Å². The van der Waals surface area contributed by atoms with E-state index in [-0.39, 0.29) is 24.0 Å². The molecule has 0 amide bonds. The Kier molecular flexibility index (Phi) is 8.57. The van der Waals surface area contributed by atoms with Gasteiger partial charge in [0.15, 0.2) is 5.96 Å². The van der Waals surface area contributed by atoms with Crippen LogP contribution in [-0.2, 0) is 4.74 Å². The molecule has 0 saturated carbocycles. The minimum Gasteiger partial charge on any atom is -0.373 e. The molecule has 3 rings (SSSR count). The number of fused-ring (bicyclic) bond motifs is 2. The van der Waals surface area contributed by atoms with E-state index in [9.17, 15) is 0 Å². The zero-order chi connectivity index (χ0) is 16.1. The minimum absolute atomic E-state index is 0. The summed E-state index contributed by atoms with van der Waals surface area (Å²) in [5.41, 5.74) is 0. The summed E-state index contributed by atoms with van der Waals surface area (Å²) >= 11 is 0. The SMILES string of the molecule is CCNC(=NCCC1CCN(CC)CC1)NC1CC2CCC1O2.I. The number of likely N-dealkylation sites (tertiary alicyclic amines) is 1. The first-order chi connectivity index (χ1) is 11.3. The topological polar surface area (TPSA) is 48.9 Å². The lowest BCUT2D eigenvalue weighted by atomic mass is 9.94. The molecule has 3 saturated heterocycles. The normalized spacial score (nSPS) is 31.1. The van der Waals surface area contributed by atoms with E-state index < -0.39 is 0 Å². The molecular formula is C18H35IN4O. The number of hydrogen-bond acceptors (Lipinski definition) is 3. The Labute approximate surface area is 164 Å². The summed E-state index contributed by atoms with van der Waals surface area (Å²) < 4.78 is 5.93. The van der Waals surface area contributed by atoms with Crippen LogP contribution in [0.3, 0.4) is 0 Å². The molecule has 5 nitrogen and oxygen atoms in total. The summed E-state index contributed by atoms with van der Waals surface area (Å²) in [6.45, 7) is 9.99. The fourth-order valence-corrected chi connectivity index (χ4v) is 4.24. The highest BCUT2D eigenvalue weighted by atomic mass is 127. The summed E-state index contributed by atoms with van der Waals surface area (Å²) in [6, 6.07) is 0.458. The Bertz CT molecular complexity index is 398. The second kappa shape index (κ2) is 10.2. The lowest BCUT2D eigenvalue weighted by molar-refractivity contribution is 0.0992. The van der Waals surface area contributed by atoms with E-state index in [2.05, 4.69) is 29.4 Å². The number of aliphatic imine (C=N–C) groups is 1. The monoisotopic (exact) mass is 450 g/mol. The number of halogens is 1. The number of piperidine rings is 1. The molecule has 2 N–H and O–H groups in total. The first-order valence-corrected chi connectivity index (χ1v) is 9.71. The quantitative estimate of drug-likeness (QED) is 0.371. The van der Waals surface area contributed by atoms with Gasteiger partial charge in [0.1, 0.15) is 0 Å². The third-order valence-electron chi connectivity index (χ3n) is 5.73. The van der Waals surface area contributed by atoms with Gasteiger partial charge in [-0.1, -0.05) is 6.92 Å². The molecule has 0 aromatic carbocycles. The molecule has 0 aliphatic carbocycles. The van der Waals surface area contributed by atoms with E-state index in [1.807, 2.05) is 0 Å². The van der Waals surface area contributed by atoms with Crippen LogP contribution < -0.4 is 10.6 Å². The summed E-state index contributed by atoms with van der Waals surface area (Å²) in [7, 11) is 0. The van der Waals surface area contributed by atoms with Gasteiger partial charge < -0.3 is 20.3 Å². The van der Waals surface area contributed by atoms with Crippen molar-refractivity contribution in [2.24, 2.45) is 10.9 Å². The Morgan fingerprint density at radius 3 is 2.54 bits per heavy atom. The lowest BCUT2D eigenvalue weighted by Crippen LogP contribution is -2.47. The Hall–Kier alpha value is -0.0800. The van der Waals surface area contributed by atoms with Crippen LogP contribution in [0.25, 0.3) is 0 Å². The molecule has 2 bridgehead atoms. The molecule has 3 aliphatic heterocycles. The standard InChI is InChI=1S/C18H34N4O.HI/c1-3-19-18(21-16-13-15-5-6-17(16)23-15)20-10-7-14-8-11-22(4-2)12-9-14;/h14-17H,3-13H2,1-2H3,(H2,19,20,21);1H. The van der Waals surface area contributed by atoms with E-state index in [0.717, 1.165) is 31.4 Å². The molecule has 3 fully saturated rings. The van der Waals surface area contributed by atoms with E-state index >= 15 is 0 Å². The van der Waals surface area contributed by atoms with Gasteiger partial charge >= 0.3 is 0 Å². The van der Waals surface area contributed by atoms with Crippen LogP contribution in [0.2, 0.25) is 0 Å². The number of hydrogen-bond donors (Lipinski definition) is 2. The van der Waals surface area contributed by atoms with Crippen LogP contribution in [0, 0.1) is 5.92 Å². The summed E-state index contributed by atoms with van der Waals surface area (Å²) in [5.74, 6) is 1.84. The van der Waals surface area contributed by atoms with Gasteiger partial charge in [0.2, 0.25) is 0 Å². The molecule has 6 heteroatoms. The molecule has 140 valence electrons. The van der Waals surface area contributed by atoms with Crippen LogP contribution in [0.5, 0.6) is 0 Å². The average molecular weight is 450 g/mol. The van der Waals surface area contributed by atoms with Crippen molar-refractivity contribution in [2.45, 2.75) is 70.6 Å². The molecule has 3 aliphatic rings. The van der Waals surface area contributed by atoms with Gasteiger partial charge in [-0.3, -0.25) is 4.99 Å². The predicted molar refractivity (Wildman–Crippen MR) is 110 cm³/mol. The minimum atomic E-state index is 0. The third-order valence-corrected chi connectivity index (χ3v) is 5.73. The van der Waals surface area contributed by atoms with Crippen LogP contribution in [-0.4, -0.2) is 61.8 Å². The number of ether oxygens (including phenoxy) is 1. The largest absolute Gasteiger partial charge is 0.373 e. The average Bonchev–Trinajstić information content (AvgIpc) is 3.18. The zero-order valence-corrected chi connectivity index (χ0v) is 17.6. The fraction of sp³-hybridized carbons (Fsp3) is 0.944. The van der Waals surface area contributed by atoms with Gasteiger partial charge in [-0.25, -0.2) is 0 Å².